The molecule has 4 heterocycles. The number of carbonyl (C=O) groups excluding carboxylic acids is 1. The number of carbonyl (C=O) groups is 1. The number of hydrogen-bond acceptors (Lipinski definition) is 7. The first-order chi connectivity index (χ1) is 13.0. The Morgan fingerprint density at radius 2 is 1.96 bits per heavy atom. The zero-order chi connectivity index (χ0) is 18.6. The average molecular weight is 373 g/mol. The third kappa shape index (κ3) is 2.71. The Labute approximate surface area is 149 Å². The molecule has 0 aliphatic carbocycles. The van der Waals surface area contributed by atoms with Gasteiger partial charge in [-0.3, -0.25) is 4.79 Å². The number of aliphatic imine (C=N–C) groups is 1. The Morgan fingerprint density at radius 3 is 2.74 bits per heavy atom. The van der Waals surface area contributed by atoms with Crippen molar-refractivity contribution in [3.8, 4) is 23.0 Å². The van der Waals surface area contributed by atoms with Crippen LogP contribution in [0.4, 0.5) is 14.5 Å². The van der Waals surface area contributed by atoms with Crippen LogP contribution in [0, 0.1) is 0 Å². The maximum absolute atomic E-state index is 13.1. The molecule has 1 amide bonds. The molecule has 2 aromatic heterocycles. The van der Waals surface area contributed by atoms with Gasteiger partial charge in [-0.1, -0.05) is 5.16 Å². The average Bonchev–Trinajstić information content (AvgIpc) is 3.36. The van der Waals surface area contributed by atoms with Gasteiger partial charge in [0.05, 0.1) is 12.0 Å². The molecular weight excluding hydrogens is 364 g/mol. The van der Waals surface area contributed by atoms with Crippen molar-refractivity contribution < 1.29 is 32.0 Å². The number of furan rings is 1. The van der Waals surface area contributed by atoms with Crippen molar-refractivity contribution in [1.29, 1.82) is 0 Å². The van der Waals surface area contributed by atoms with E-state index in [1.807, 2.05) is 0 Å². The second kappa shape index (κ2) is 5.40. The lowest BCUT2D eigenvalue weighted by atomic mass is 10.1. The lowest BCUT2D eigenvalue weighted by Gasteiger charge is -2.04. The molecule has 3 aromatic rings. The quantitative estimate of drug-likeness (QED) is 0.740. The van der Waals surface area contributed by atoms with Crippen LogP contribution in [0.5, 0.6) is 11.5 Å². The van der Waals surface area contributed by atoms with Crippen LogP contribution < -0.4 is 14.8 Å². The van der Waals surface area contributed by atoms with Gasteiger partial charge in [-0.05, 0) is 23.8 Å². The van der Waals surface area contributed by atoms with Gasteiger partial charge in [0.15, 0.2) is 23.0 Å². The smallest absolute Gasteiger partial charge is 0.461 e. The standard InChI is InChI=1S/C17H9F2N3O5/c18-17(19)25-12-4-8-5-15(20-9(8)6-13(12)26-17)21-16(23)10-7-14(27-22-10)11-2-1-3-24-11/h1-4,6-7H,5H2,(H,20,21,23). The van der Waals surface area contributed by atoms with Crippen LogP contribution in [0.3, 0.4) is 0 Å². The summed E-state index contributed by atoms with van der Waals surface area (Å²) in [6, 6.07) is 7.56. The molecule has 2 aliphatic heterocycles. The number of amidine groups is 1. The van der Waals surface area contributed by atoms with Crippen molar-refractivity contribution in [3.05, 3.63) is 47.9 Å². The van der Waals surface area contributed by atoms with E-state index in [2.05, 4.69) is 24.9 Å². The number of fused-ring (bicyclic) bond motifs is 2. The third-order valence-corrected chi connectivity index (χ3v) is 3.98. The molecule has 0 radical (unpaired) electrons. The summed E-state index contributed by atoms with van der Waals surface area (Å²) >= 11 is 0. The van der Waals surface area contributed by atoms with Crippen molar-refractivity contribution in [1.82, 2.24) is 10.5 Å². The molecule has 8 nitrogen and oxygen atoms in total. The SMILES string of the molecule is O=C(NC1=Nc2cc3c(cc2C1)OC(F)(F)O3)c1cc(-c2ccco2)on1. The van der Waals surface area contributed by atoms with E-state index in [1.54, 1.807) is 12.1 Å². The van der Waals surface area contributed by atoms with E-state index in [0.29, 0.717) is 28.6 Å². The Morgan fingerprint density at radius 1 is 1.15 bits per heavy atom. The number of nitrogens with one attached hydrogen (secondary N) is 1. The van der Waals surface area contributed by atoms with E-state index < -0.39 is 12.2 Å². The molecule has 5 rings (SSSR count). The zero-order valence-electron chi connectivity index (χ0n) is 13.4. The molecule has 2 aliphatic rings. The van der Waals surface area contributed by atoms with E-state index in [1.165, 1.54) is 24.5 Å². The van der Waals surface area contributed by atoms with Crippen LogP contribution >= 0.6 is 0 Å². The Kier molecular flexibility index (Phi) is 3.11. The predicted octanol–water partition coefficient (Wildman–Crippen LogP) is 3.27. The van der Waals surface area contributed by atoms with Crippen LogP contribution in [0.15, 0.2) is 50.5 Å². The van der Waals surface area contributed by atoms with Gasteiger partial charge in [-0.15, -0.1) is 8.78 Å². The van der Waals surface area contributed by atoms with E-state index >= 15 is 0 Å². The number of nitrogens with zero attached hydrogens (tertiary/aromatic N) is 2. The lowest BCUT2D eigenvalue weighted by Crippen LogP contribution is -2.30. The number of benzene rings is 1. The summed E-state index contributed by atoms with van der Waals surface area (Å²) in [6.07, 6.45) is -1.97. The van der Waals surface area contributed by atoms with Gasteiger partial charge in [0, 0.05) is 18.6 Å². The van der Waals surface area contributed by atoms with E-state index in [4.69, 9.17) is 8.94 Å². The second-order valence-corrected chi connectivity index (χ2v) is 5.84. The zero-order valence-corrected chi connectivity index (χ0v) is 13.4. The molecule has 1 N–H and O–H groups in total. The molecular formula is C17H9F2N3O5. The van der Waals surface area contributed by atoms with E-state index in [9.17, 15) is 13.6 Å². The summed E-state index contributed by atoms with van der Waals surface area (Å²) in [5.74, 6) is 0.408. The van der Waals surface area contributed by atoms with Crippen LogP contribution in [-0.4, -0.2) is 23.2 Å². The molecule has 27 heavy (non-hydrogen) atoms. The minimum Gasteiger partial charge on any atom is -0.461 e. The van der Waals surface area contributed by atoms with Crippen LogP contribution in [0.25, 0.3) is 11.5 Å². The summed E-state index contributed by atoms with van der Waals surface area (Å²) in [5.41, 5.74) is 1.09. The second-order valence-electron chi connectivity index (χ2n) is 5.84. The fourth-order valence-corrected chi connectivity index (χ4v) is 2.82. The highest BCUT2D eigenvalue weighted by Gasteiger charge is 2.44. The van der Waals surface area contributed by atoms with Crippen molar-refractivity contribution in [2.45, 2.75) is 12.7 Å². The van der Waals surface area contributed by atoms with Gasteiger partial charge < -0.3 is 23.7 Å². The van der Waals surface area contributed by atoms with Crippen LogP contribution in [0.1, 0.15) is 16.1 Å². The number of halogens is 2. The van der Waals surface area contributed by atoms with Gasteiger partial charge in [-0.25, -0.2) is 4.99 Å². The highest BCUT2D eigenvalue weighted by molar-refractivity contribution is 6.08. The molecule has 0 unspecified atom stereocenters. The molecule has 0 atom stereocenters. The first-order valence-corrected chi connectivity index (χ1v) is 7.79. The molecule has 0 saturated carbocycles. The van der Waals surface area contributed by atoms with Gasteiger partial charge in [0.1, 0.15) is 5.84 Å². The molecule has 0 spiro atoms. The fraction of sp³-hybridized carbons (Fsp3) is 0.118. The summed E-state index contributed by atoms with van der Waals surface area (Å²) < 4.78 is 45.3. The van der Waals surface area contributed by atoms with Crippen molar-refractivity contribution >= 4 is 17.4 Å². The Bertz CT molecular complexity index is 1090. The van der Waals surface area contributed by atoms with Crippen molar-refractivity contribution in [3.63, 3.8) is 0 Å². The number of amides is 1. The Hall–Kier alpha value is -3.69. The summed E-state index contributed by atoms with van der Waals surface area (Å²) in [5, 5.41) is 6.32. The van der Waals surface area contributed by atoms with Crippen molar-refractivity contribution in [2.75, 3.05) is 0 Å². The fourth-order valence-electron chi connectivity index (χ4n) is 2.82. The maximum Gasteiger partial charge on any atom is 0.586 e. The molecule has 0 saturated heterocycles. The number of aromatic nitrogens is 1. The van der Waals surface area contributed by atoms with E-state index in [0.717, 1.165) is 0 Å². The molecule has 1 aromatic carbocycles. The third-order valence-electron chi connectivity index (χ3n) is 3.98. The summed E-state index contributed by atoms with van der Waals surface area (Å²) in [7, 11) is 0. The molecule has 0 bridgehead atoms. The van der Waals surface area contributed by atoms with Gasteiger partial charge >= 0.3 is 6.29 Å². The predicted molar refractivity (Wildman–Crippen MR) is 85.1 cm³/mol. The monoisotopic (exact) mass is 373 g/mol. The first-order valence-electron chi connectivity index (χ1n) is 7.79. The minimum absolute atomic E-state index is 0.0499. The highest BCUT2D eigenvalue weighted by Crippen LogP contribution is 2.45. The van der Waals surface area contributed by atoms with Gasteiger partial charge in [0.2, 0.25) is 5.76 Å². The number of ether oxygens (including phenoxy) is 2. The van der Waals surface area contributed by atoms with Crippen LogP contribution in [-0.2, 0) is 6.42 Å². The topological polar surface area (TPSA) is 99.1 Å². The normalized spacial score (nSPS) is 16.1. The summed E-state index contributed by atoms with van der Waals surface area (Å²) in [6.45, 7) is 0. The minimum atomic E-state index is -3.68. The maximum atomic E-state index is 13.1. The summed E-state index contributed by atoms with van der Waals surface area (Å²) in [4.78, 5) is 16.6. The van der Waals surface area contributed by atoms with Gasteiger partial charge in [-0.2, -0.15) is 0 Å². The Balaban J connectivity index is 1.32. The molecule has 10 heteroatoms. The number of hydrogen-bond donors (Lipinski definition) is 1. The largest absolute Gasteiger partial charge is 0.586 e. The lowest BCUT2D eigenvalue weighted by molar-refractivity contribution is -0.286. The van der Waals surface area contributed by atoms with E-state index in [-0.39, 0.29) is 23.6 Å². The number of rotatable bonds is 2. The first kappa shape index (κ1) is 15.6. The van der Waals surface area contributed by atoms with Crippen LogP contribution in [0.2, 0.25) is 0 Å². The number of alkyl halides is 2. The van der Waals surface area contributed by atoms with Gasteiger partial charge in [0.25, 0.3) is 5.91 Å². The van der Waals surface area contributed by atoms with Crippen molar-refractivity contribution in [2.24, 2.45) is 4.99 Å². The molecule has 136 valence electrons. The highest BCUT2D eigenvalue weighted by atomic mass is 19.3. The molecule has 0 fully saturated rings.